The third-order valence-corrected chi connectivity index (χ3v) is 7.25. The number of carbonyl (C=O) groups is 1. The van der Waals surface area contributed by atoms with Gasteiger partial charge in [-0.1, -0.05) is 35.0 Å². The first-order chi connectivity index (χ1) is 16.4. The molecule has 3 N–H and O–H groups in total. The van der Waals surface area contributed by atoms with Crippen molar-refractivity contribution in [2.75, 3.05) is 33.0 Å². The number of benzene rings is 2. The van der Waals surface area contributed by atoms with E-state index in [2.05, 4.69) is 27.0 Å². The Labute approximate surface area is 207 Å². The van der Waals surface area contributed by atoms with Gasteiger partial charge in [-0.3, -0.25) is 4.90 Å². The van der Waals surface area contributed by atoms with E-state index in [9.17, 15) is 15.0 Å². The number of halogens is 1. The van der Waals surface area contributed by atoms with Gasteiger partial charge in [0.15, 0.2) is 0 Å². The number of amides is 1. The Morgan fingerprint density at radius 3 is 2.56 bits per heavy atom. The summed E-state index contributed by atoms with van der Waals surface area (Å²) in [6.07, 6.45) is 1.01. The van der Waals surface area contributed by atoms with Crippen molar-refractivity contribution in [1.29, 1.82) is 0 Å². The molecule has 2 aromatic carbocycles. The number of hydrogen-bond donors (Lipinski definition) is 3. The number of fused-ring (bicyclic) bond motifs is 3. The lowest BCUT2D eigenvalue weighted by molar-refractivity contribution is 0.0114. The number of aliphatic hydroxyl groups excluding tert-OH is 2. The molecule has 0 saturated carbocycles. The summed E-state index contributed by atoms with van der Waals surface area (Å²) in [6, 6.07) is 13.5. The van der Waals surface area contributed by atoms with Crippen molar-refractivity contribution in [2.24, 2.45) is 5.41 Å². The molecule has 1 amide bonds. The second-order valence-electron chi connectivity index (χ2n) is 8.78. The fourth-order valence-electron chi connectivity index (χ4n) is 4.46. The van der Waals surface area contributed by atoms with E-state index in [4.69, 9.17) is 9.47 Å². The van der Waals surface area contributed by atoms with Crippen LogP contribution in [-0.2, 0) is 11.2 Å². The molecule has 1 aliphatic heterocycles. The molecule has 2 heterocycles. The van der Waals surface area contributed by atoms with E-state index in [1.165, 1.54) is 5.56 Å². The third kappa shape index (κ3) is 4.67. The fraction of sp³-hybridized carbons (Fsp3) is 0.423. The van der Waals surface area contributed by atoms with Crippen LogP contribution in [0.1, 0.15) is 43.1 Å². The molecule has 34 heavy (non-hydrogen) atoms. The standard InChI is InChI=1S/C26H31BrN2O5/c1-3-26(14-30,15-31)16-34-19-8-5-17(6-9-19)24-23-20(11-12-29(24)25(32)33-4-2)21-13-18(27)7-10-22(21)28-23/h5-10,13,24,28,30-31H,3-4,11-12,14-16H2,1-2H3. The van der Waals surface area contributed by atoms with Gasteiger partial charge in [0.05, 0.1) is 31.8 Å². The third-order valence-electron chi connectivity index (χ3n) is 6.75. The minimum Gasteiger partial charge on any atom is -0.493 e. The molecule has 0 fully saturated rings. The van der Waals surface area contributed by atoms with Gasteiger partial charge in [-0.25, -0.2) is 4.79 Å². The average molecular weight is 531 g/mol. The maximum Gasteiger partial charge on any atom is 0.410 e. The van der Waals surface area contributed by atoms with Gasteiger partial charge in [-0.05, 0) is 61.2 Å². The largest absolute Gasteiger partial charge is 0.493 e. The molecule has 8 heteroatoms. The Balaban J connectivity index is 1.67. The smallest absolute Gasteiger partial charge is 0.410 e. The maximum atomic E-state index is 12.9. The monoisotopic (exact) mass is 530 g/mol. The zero-order valence-corrected chi connectivity index (χ0v) is 21.1. The van der Waals surface area contributed by atoms with Crippen LogP contribution in [-0.4, -0.2) is 59.2 Å². The predicted octanol–water partition coefficient (Wildman–Crippen LogP) is 4.79. The first kappa shape index (κ1) is 24.6. The number of aliphatic hydroxyl groups is 2. The van der Waals surface area contributed by atoms with Gasteiger partial charge in [-0.2, -0.15) is 0 Å². The average Bonchev–Trinajstić information content (AvgIpc) is 3.23. The Morgan fingerprint density at radius 1 is 1.18 bits per heavy atom. The molecule has 0 bridgehead atoms. The van der Waals surface area contributed by atoms with Gasteiger partial charge >= 0.3 is 6.09 Å². The molecule has 1 aliphatic rings. The molecule has 0 spiro atoms. The summed E-state index contributed by atoms with van der Waals surface area (Å²) in [5.74, 6) is 0.641. The number of hydrogen-bond acceptors (Lipinski definition) is 5. The number of carbonyl (C=O) groups excluding carboxylic acids is 1. The van der Waals surface area contributed by atoms with Crippen molar-refractivity contribution in [3.8, 4) is 5.75 Å². The predicted molar refractivity (Wildman–Crippen MR) is 134 cm³/mol. The fourth-order valence-corrected chi connectivity index (χ4v) is 4.82. The first-order valence-electron chi connectivity index (χ1n) is 11.6. The van der Waals surface area contributed by atoms with Crippen molar-refractivity contribution in [2.45, 2.75) is 32.7 Å². The molecule has 0 saturated heterocycles. The SMILES string of the molecule is CCOC(=O)N1CCc2c([nH]c3ccc(Br)cc23)C1c1ccc(OCC(CC)(CO)CO)cc1. The summed E-state index contributed by atoms with van der Waals surface area (Å²) in [4.78, 5) is 18.2. The van der Waals surface area contributed by atoms with Crippen LogP contribution in [0.3, 0.4) is 0 Å². The van der Waals surface area contributed by atoms with Gasteiger partial charge in [0.1, 0.15) is 11.8 Å². The van der Waals surface area contributed by atoms with Crippen LogP contribution >= 0.6 is 15.9 Å². The second kappa shape index (κ2) is 10.4. The number of ether oxygens (including phenoxy) is 2. The Bertz CT molecular complexity index is 1130. The van der Waals surface area contributed by atoms with Crippen molar-refractivity contribution in [1.82, 2.24) is 9.88 Å². The first-order valence-corrected chi connectivity index (χ1v) is 12.4. The van der Waals surface area contributed by atoms with E-state index in [0.717, 1.165) is 33.1 Å². The van der Waals surface area contributed by atoms with E-state index < -0.39 is 5.41 Å². The molecule has 4 rings (SSSR count). The minimum absolute atomic E-state index is 0.145. The highest BCUT2D eigenvalue weighted by Crippen LogP contribution is 2.40. The van der Waals surface area contributed by atoms with E-state index in [1.807, 2.05) is 50.2 Å². The lowest BCUT2D eigenvalue weighted by atomic mass is 9.88. The van der Waals surface area contributed by atoms with Gasteiger partial charge in [0.2, 0.25) is 0 Å². The van der Waals surface area contributed by atoms with Crippen molar-refractivity contribution >= 4 is 32.9 Å². The number of nitrogens with one attached hydrogen (secondary N) is 1. The van der Waals surface area contributed by atoms with Gasteiger partial charge in [0.25, 0.3) is 0 Å². The van der Waals surface area contributed by atoms with Crippen LogP contribution in [0.4, 0.5) is 4.79 Å². The topological polar surface area (TPSA) is 95.0 Å². The van der Waals surface area contributed by atoms with Crippen molar-refractivity contribution in [3.63, 3.8) is 0 Å². The number of aromatic amines is 1. The quantitative estimate of drug-likeness (QED) is 0.389. The van der Waals surface area contributed by atoms with Crippen LogP contribution < -0.4 is 4.74 Å². The molecule has 182 valence electrons. The highest BCUT2D eigenvalue weighted by Gasteiger charge is 2.35. The number of aromatic nitrogens is 1. The summed E-state index contributed by atoms with van der Waals surface area (Å²) >= 11 is 3.57. The van der Waals surface area contributed by atoms with Crippen LogP contribution in [0.2, 0.25) is 0 Å². The van der Waals surface area contributed by atoms with Crippen LogP contribution in [0.15, 0.2) is 46.9 Å². The van der Waals surface area contributed by atoms with E-state index in [1.54, 1.807) is 4.90 Å². The lowest BCUT2D eigenvalue weighted by Gasteiger charge is -2.35. The molecular formula is C26H31BrN2O5. The van der Waals surface area contributed by atoms with Gasteiger partial charge < -0.3 is 24.7 Å². The summed E-state index contributed by atoms with van der Waals surface area (Å²) in [5, 5.41) is 20.5. The zero-order valence-electron chi connectivity index (χ0n) is 19.5. The Hall–Kier alpha value is -2.55. The minimum atomic E-state index is -0.670. The summed E-state index contributed by atoms with van der Waals surface area (Å²) in [6.45, 7) is 4.53. The summed E-state index contributed by atoms with van der Waals surface area (Å²) in [7, 11) is 0. The second-order valence-corrected chi connectivity index (χ2v) is 9.70. The number of rotatable bonds is 8. The highest BCUT2D eigenvalue weighted by atomic mass is 79.9. The van der Waals surface area contributed by atoms with E-state index in [0.29, 0.717) is 25.3 Å². The normalized spacial score (nSPS) is 15.9. The van der Waals surface area contributed by atoms with Crippen LogP contribution in [0.25, 0.3) is 10.9 Å². The van der Waals surface area contributed by atoms with Crippen LogP contribution in [0, 0.1) is 5.41 Å². The summed E-state index contributed by atoms with van der Waals surface area (Å²) < 4.78 is 12.3. The molecule has 0 aliphatic carbocycles. The molecule has 0 radical (unpaired) electrons. The van der Waals surface area contributed by atoms with E-state index in [-0.39, 0.29) is 32.0 Å². The summed E-state index contributed by atoms with van der Waals surface area (Å²) in [5.41, 5.74) is 3.51. The molecule has 1 aromatic heterocycles. The molecule has 1 atom stereocenters. The highest BCUT2D eigenvalue weighted by molar-refractivity contribution is 9.10. The number of nitrogens with zero attached hydrogens (tertiary/aromatic N) is 1. The Kier molecular flexibility index (Phi) is 7.50. The van der Waals surface area contributed by atoms with Crippen LogP contribution in [0.5, 0.6) is 5.75 Å². The maximum absolute atomic E-state index is 12.9. The molecule has 3 aromatic rings. The van der Waals surface area contributed by atoms with Gasteiger partial charge in [-0.15, -0.1) is 0 Å². The van der Waals surface area contributed by atoms with Crippen molar-refractivity contribution < 1.29 is 24.5 Å². The number of H-pyrrole nitrogens is 1. The molecular weight excluding hydrogens is 500 g/mol. The lowest BCUT2D eigenvalue weighted by Crippen LogP contribution is -2.41. The van der Waals surface area contributed by atoms with E-state index >= 15 is 0 Å². The zero-order chi connectivity index (χ0) is 24.3. The van der Waals surface area contributed by atoms with Gasteiger partial charge in [0, 0.05) is 27.6 Å². The molecule has 1 unspecified atom stereocenters. The molecule has 7 nitrogen and oxygen atoms in total. The Morgan fingerprint density at radius 2 is 1.91 bits per heavy atom. The van der Waals surface area contributed by atoms with Crippen molar-refractivity contribution in [3.05, 3.63) is 63.8 Å².